The standard InChI is InChI=1S/C22H37N/c1-2-3-4-5-6-7-8-9-19-10-14-21(15-11-19)22-16-12-20(18-23)13-17-22/h8-9,19-22H,2-7,10-17H2,1H3/t19-,20-,21-,22-. The van der Waals surface area contributed by atoms with E-state index in [2.05, 4.69) is 25.1 Å². The van der Waals surface area contributed by atoms with Crippen molar-refractivity contribution in [2.45, 2.75) is 96.8 Å². The van der Waals surface area contributed by atoms with E-state index in [1.54, 1.807) is 0 Å². The molecule has 1 heteroatoms. The molecule has 23 heavy (non-hydrogen) atoms. The fourth-order valence-corrected chi connectivity index (χ4v) is 4.68. The van der Waals surface area contributed by atoms with Gasteiger partial charge in [-0.2, -0.15) is 5.26 Å². The van der Waals surface area contributed by atoms with Crippen LogP contribution in [0.4, 0.5) is 0 Å². The molecule has 2 saturated carbocycles. The van der Waals surface area contributed by atoms with Crippen LogP contribution in [0.2, 0.25) is 0 Å². The molecular weight excluding hydrogens is 278 g/mol. The Labute approximate surface area is 144 Å². The van der Waals surface area contributed by atoms with Crippen LogP contribution in [0.1, 0.15) is 96.8 Å². The Bertz CT molecular complexity index is 362. The van der Waals surface area contributed by atoms with Gasteiger partial charge in [-0.25, -0.2) is 0 Å². The highest BCUT2D eigenvalue weighted by Gasteiger charge is 2.30. The van der Waals surface area contributed by atoms with E-state index in [0.717, 1.165) is 17.8 Å². The predicted octanol–water partition coefficient (Wildman–Crippen LogP) is 7.04. The van der Waals surface area contributed by atoms with E-state index in [9.17, 15) is 0 Å². The summed E-state index contributed by atoms with van der Waals surface area (Å²) in [7, 11) is 0. The van der Waals surface area contributed by atoms with Crippen molar-refractivity contribution in [1.82, 2.24) is 0 Å². The van der Waals surface area contributed by atoms with E-state index < -0.39 is 0 Å². The Balaban J connectivity index is 1.56. The molecule has 0 N–H and O–H groups in total. The Kier molecular flexibility index (Phi) is 8.80. The quantitative estimate of drug-likeness (QED) is 0.348. The topological polar surface area (TPSA) is 23.8 Å². The predicted molar refractivity (Wildman–Crippen MR) is 99.0 cm³/mol. The van der Waals surface area contributed by atoms with Crippen LogP contribution in [0.15, 0.2) is 12.2 Å². The van der Waals surface area contributed by atoms with Gasteiger partial charge in [0.05, 0.1) is 6.07 Å². The van der Waals surface area contributed by atoms with Gasteiger partial charge >= 0.3 is 0 Å². The summed E-state index contributed by atoms with van der Waals surface area (Å²) in [6.45, 7) is 2.28. The van der Waals surface area contributed by atoms with Gasteiger partial charge in [-0.05, 0) is 82.0 Å². The lowest BCUT2D eigenvalue weighted by Crippen LogP contribution is -2.25. The van der Waals surface area contributed by atoms with E-state index in [1.165, 1.54) is 89.9 Å². The zero-order valence-electron chi connectivity index (χ0n) is 15.3. The molecule has 0 spiro atoms. The van der Waals surface area contributed by atoms with Gasteiger partial charge in [0.25, 0.3) is 0 Å². The molecule has 0 aromatic rings. The minimum atomic E-state index is 0.364. The van der Waals surface area contributed by atoms with Crippen LogP contribution in [-0.2, 0) is 0 Å². The van der Waals surface area contributed by atoms with E-state index in [-0.39, 0.29) is 0 Å². The Morgan fingerprint density at radius 1 is 0.826 bits per heavy atom. The first-order valence-electron chi connectivity index (χ1n) is 10.4. The van der Waals surface area contributed by atoms with Crippen LogP contribution in [0.25, 0.3) is 0 Å². The van der Waals surface area contributed by atoms with Crippen molar-refractivity contribution in [2.75, 3.05) is 0 Å². The van der Waals surface area contributed by atoms with Crippen molar-refractivity contribution in [3.63, 3.8) is 0 Å². The van der Waals surface area contributed by atoms with E-state index in [0.29, 0.717) is 5.92 Å². The SMILES string of the molecule is CCCCCCCC=C[C@H]1CC[C@H]([C@H]2CC[C@H](C#N)CC2)CC1. The molecule has 0 atom stereocenters. The van der Waals surface area contributed by atoms with Crippen molar-refractivity contribution < 1.29 is 0 Å². The molecule has 0 aromatic carbocycles. The fourth-order valence-electron chi connectivity index (χ4n) is 4.68. The first-order chi connectivity index (χ1) is 11.3. The lowest BCUT2D eigenvalue weighted by Gasteiger charge is -2.36. The van der Waals surface area contributed by atoms with Gasteiger partial charge in [0.1, 0.15) is 0 Å². The second kappa shape index (κ2) is 10.9. The average Bonchev–Trinajstić information content (AvgIpc) is 2.61. The van der Waals surface area contributed by atoms with Gasteiger partial charge in [-0.15, -0.1) is 0 Å². The first kappa shape index (κ1) is 18.6. The number of hydrogen-bond acceptors (Lipinski definition) is 1. The van der Waals surface area contributed by atoms with Crippen LogP contribution >= 0.6 is 0 Å². The molecule has 0 unspecified atom stereocenters. The van der Waals surface area contributed by atoms with E-state index in [1.807, 2.05) is 0 Å². The fraction of sp³-hybridized carbons (Fsp3) is 0.864. The molecule has 0 amide bonds. The molecular formula is C22H37N. The Hall–Kier alpha value is -0.770. The number of nitrogens with zero attached hydrogens (tertiary/aromatic N) is 1. The third kappa shape index (κ3) is 6.70. The molecule has 2 aliphatic carbocycles. The maximum Gasteiger partial charge on any atom is 0.0655 e. The molecule has 0 aliphatic heterocycles. The lowest BCUT2D eigenvalue weighted by atomic mass is 9.69. The van der Waals surface area contributed by atoms with Crippen molar-refractivity contribution in [2.24, 2.45) is 23.7 Å². The second-order valence-electron chi connectivity index (χ2n) is 8.05. The number of hydrogen-bond donors (Lipinski definition) is 0. The lowest BCUT2D eigenvalue weighted by molar-refractivity contribution is 0.168. The summed E-state index contributed by atoms with van der Waals surface area (Å²) < 4.78 is 0. The zero-order valence-corrected chi connectivity index (χ0v) is 15.3. The van der Waals surface area contributed by atoms with Gasteiger partial charge in [0, 0.05) is 5.92 Å². The first-order valence-corrected chi connectivity index (χ1v) is 10.4. The summed E-state index contributed by atoms with van der Waals surface area (Å²) in [5, 5.41) is 9.03. The molecule has 130 valence electrons. The highest BCUT2D eigenvalue weighted by Crippen LogP contribution is 2.41. The largest absolute Gasteiger partial charge is 0.198 e. The summed E-state index contributed by atoms with van der Waals surface area (Å²) in [6.07, 6.45) is 23.9. The van der Waals surface area contributed by atoms with Crippen molar-refractivity contribution in [3.05, 3.63) is 12.2 Å². The number of unbranched alkanes of at least 4 members (excludes halogenated alkanes) is 5. The molecule has 0 radical (unpaired) electrons. The number of rotatable bonds is 8. The maximum absolute atomic E-state index is 9.03. The average molecular weight is 316 g/mol. The number of nitriles is 1. The summed E-state index contributed by atoms with van der Waals surface area (Å²) >= 11 is 0. The monoisotopic (exact) mass is 315 g/mol. The third-order valence-corrected chi connectivity index (χ3v) is 6.32. The normalized spacial score (nSPS) is 32.0. The molecule has 2 rings (SSSR count). The van der Waals surface area contributed by atoms with E-state index >= 15 is 0 Å². The van der Waals surface area contributed by atoms with Gasteiger partial charge in [0.2, 0.25) is 0 Å². The second-order valence-corrected chi connectivity index (χ2v) is 8.05. The molecule has 0 aromatic heterocycles. The minimum absolute atomic E-state index is 0.364. The molecule has 0 bridgehead atoms. The van der Waals surface area contributed by atoms with Gasteiger partial charge in [-0.1, -0.05) is 44.8 Å². The van der Waals surface area contributed by atoms with Crippen molar-refractivity contribution in [3.8, 4) is 6.07 Å². The Morgan fingerprint density at radius 3 is 2.04 bits per heavy atom. The number of allylic oxidation sites excluding steroid dienone is 2. The molecule has 1 nitrogen and oxygen atoms in total. The zero-order chi connectivity index (χ0) is 16.3. The molecule has 0 saturated heterocycles. The molecule has 2 fully saturated rings. The highest BCUT2D eigenvalue weighted by atomic mass is 14.4. The van der Waals surface area contributed by atoms with Crippen LogP contribution in [0, 0.1) is 35.0 Å². The van der Waals surface area contributed by atoms with Gasteiger partial charge < -0.3 is 0 Å². The summed E-state index contributed by atoms with van der Waals surface area (Å²) in [4.78, 5) is 0. The van der Waals surface area contributed by atoms with Crippen molar-refractivity contribution >= 4 is 0 Å². The minimum Gasteiger partial charge on any atom is -0.198 e. The van der Waals surface area contributed by atoms with Gasteiger partial charge in [-0.3, -0.25) is 0 Å². The summed E-state index contributed by atoms with van der Waals surface area (Å²) in [5.74, 6) is 3.12. The smallest absolute Gasteiger partial charge is 0.0655 e. The summed E-state index contributed by atoms with van der Waals surface area (Å²) in [6, 6.07) is 2.47. The van der Waals surface area contributed by atoms with Crippen LogP contribution in [0.3, 0.4) is 0 Å². The maximum atomic E-state index is 9.03. The van der Waals surface area contributed by atoms with Crippen LogP contribution < -0.4 is 0 Å². The summed E-state index contributed by atoms with van der Waals surface area (Å²) in [5.41, 5.74) is 0. The van der Waals surface area contributed by atoms with E-state index in [4.69, 9.17) is 5.26 Å². The highest BCUT2D eigenvalue weighted by molar-refractivity contribution is 4.93. The van der Waals surface area contributed by atoms with Crippen LogP contribution in [0.5, 0.6) is 0 Å². The van der Waals surface area contributed by atoms with Crippen LogP contribution in [-0.4, -0.2) is 0 Å². The van der Waals surface area contributed by atoms with Gasteiger partial charge in [0.15, 0.2) is 0 Å². The third-order valence-electron chi connectivity index (χ3n) is 6.32. The van der Waals surface area contributed by atoms with Crippen molar-refractivity contribution in [1.29, 1.82) is 5.26 Å². The molecule has 0 heterocycles. The Morgan fingerprint density at radius 2 is 1.43 bits per heavy atom. The molecule has 2 aliphatic rings.